The summed E-state index contributed by atoms with van der Waals surface area (Å²) in [5, 5.41) is 18.7. The van der Waals surface area contributed by atoms with Crippen molar-refractivity contribution in [2.45, 2.75) is 19.8 Å². The van der Waals surface area contributed by atoms with Gasteiger partial charge in [-0.3, -0.25) is 14.9 Å². The van der Waals surface area contributed by atoms with Gasteiger partial charge in [0.2, 0.25) is 5.78 Å². The van der Waals surface area contributed by atoms with Gasteiger partial charge >= 0.3 is 0 Å². The Balaban J connectivity index is 1.87. The van der Waals surface area contributed by atoms with Crippen LogP contribution < -0.4 is 0 Å². The van der Waals surface area contributed by atoms with E-state index in [-0.39, 0.29) is 16.9 Å². The SMILES string of the molecule is CC(C)c1ccc(-n2cc(C(=O)c3cccc([N+](=O)[O-])c3)nn2)cc1. The Morgan fingerprint density at radius 2 is 1.88 bits per heavy atom. The molecule has 0 bridgehead atoms. The smallest absolute Gasteiger partial charge is 0.270 e. The summed E-state index contributed by atoms with van der Waals surface area (Å²) < 4.78 is 1.51. The number of non-ortho nitro benzene ring substituents is 1. The first-order valence-corrected chi connectivity index (χ1v) is 7.77. The second-order valence-electron chi connectivity index (χ2n) is 5.93. The summed E-state index contributed by atoms with van der Waals surface area (Å²) in [6.07, 6.45) is 1.52. The molecule has 1 aromatic heterocycles. The number of rotatable bonds is 5. The van der Waals surface area contributed by atoms with E-state index in [0.29, 0.717) is 5.92 Å². The van der Waals surface area contributed by atoms with Crippen LogP contribution in [0.5, 0.6) is 0 Å². The van der Waals surface area contributed by atoms with E-state index in [0.717, 1.165) is 5.69 Å². The van der Waals surface area contributed by atoms with E-state index in [4.69, 9.17) is 0 Å². The van der Waals surface area contributed by atoms with E-state index in [9.17, 15) is 14.9 Å². The second kappa shape index (κ2) is 6.64. The second-order valence-corrected chi connectivity index (χ2v) is 5.93. The van der Waals surface area contributed by atoms with E-state index in [1.165, 1.54) is 40.7 Å². The minimum absolute atomic E-state index is 0.133. The summed E-state index contributed by atoms with van der Waals surface area (Å²) in [4.78, 5) is 22.8. The molecule has 7 heteroatoms. The van der Waals surface area contributed by atoms with Gasteiger partial charge in [0, 0.05) is 17.7 Å². The number of nitrogens with zero attached hydrogens (tertiary/aromatic N) is 4. The van der Waals surface area contributed by atoms with Gasteiger partial charge in [-0.15, -0.1) is 5.10 Å². The van der Waals surface area contributed by atoms with E-state index in [2.05, 4.69) is 24.2 Å². The average molecular weight is 336 g/mol. The molecule has 3 rings (SSSR count). The molecule has 0 aliphatic carbocycles. The quantitative estimate of drug-likeness (QED) is 0.404. The Bertz CT molecular complexity index is 930. The molecule has 0 N–H and O–H groups in total. The molecular weight excluding hydrogens is 320 g/mol. The zero-order chi connectivity index (χ0) is 18.0. The molecule has 1 heterocycles. The molecule has 3 aromatic rings. The van der Waals surface area contributed by atoms with Crippen molar-refractivity contribution in [3.8, 4) is 5.69 Å². The van der Waals surface area contributed by atoms with Crippen LogP contribution in [0.4, 0.5) is 5.69 Å². The number of nitro groups is 1. The van der Waals surface area contributed by atoms with Crippen LogP contribution in [0.1, 0.15) is 41.4 Å². The molecule has 25 heavy (non-hydrogen) atoms. The predicted molar refractivity (Wildman–Crippen MR) is 92.0 cm³/mol. The van der Waals surface area contributed by atoms with Crippen molar-refractivity contribution in [3.05, 3.63) is 81.7 Å². The Hall–Kier alpha value is -3.35. The van der Waals surface area contributed by atoms with Crippen molar-refractivity contribution in [3.63, 3.8) is 0 Å². The lowest BCUT2D eigenvalue weighted by Crippen LogP contribution is -2.02. The van der Waals surface area contributed by atoms with Crippen LogP contribution in [0.25, 0.3) is 5.69 Å². The molecule has 0 saturated carbocycles. The van der Waals surface area contributed by atoms with Gasteiger partial charge in [0.25, 0.3) is 5.69 Å². The zero-order valence-corrected chi connectivity index (χ0v) is 13.8. The molecule has 2 aromatic carbocycles. The highest BCUT2D eigenvalue weighted by Gasteiger charge is 2.17. The van der Waals surface area contributed by atoms with Crippen LogP contribution in [0.2, 0.25) is 0 Å². The first-order chi connectivity index (χ1) is 12.0. The molecule has 0 aliphatic rings. The standard InChI is InChI=1S/C18H16N4O3/c1-12(2)13-6-8-15(9-7-13)21-11-17(19-20-21)18(23)14-4-3-5-16(10-14)22(24)25/h3-12H,1-2H3. The minimum atomic E-state index is -0.538. The number of hydrogen-bond acceptors (Lipinski definition) is 5. The van der Waals surface area contributed by atoms with Gasteiger partial charge in [-0.2, -0.15) is 0 Å². The fourth-order valence-corrected chi connectivity index (χ4v) is 2.41. The van der Waals surface area contributed by atoms with E-state index in [1.807, 2.05) is 24.3 Å². The molecule has 0 radical (unpaired) electrons. The lowest BCUT2D eigenvalue weighted by atomic mass is 10.0. The van der Waals surface area contributed by atoms with Crippen LogP contribution in [0.15, 0.2) is 54.7 Å². The molecule has 0 saturated heterocycles. The number of carbonyl (C=O) groups is 1. The van der Waals surface area contributed by atoms with E-state index in [1.54, 1.807) is 0 Å². The lowest BCUT2D eigenvalue weighted by Gasteiger charge is -2.06. The highest BCUT2D eigenvalue weighted by Crippen LogP contribution is 2.18. The molecule has 0 aliphatic heterocycles. The number of hydrogen-bond donors (Lipinski definition) is 0. The maximum atomic E-state index is 12.5. The Morgan fingerprint density at radius 3 is 2.52 bits per heavy atom. The number of aromatic nitrogens is 3. The van der Waals surface area contributed by atoms with Crippen molar-refractivity contribution in [1.29, 1.82) is 0 Å². The monoisotopic (exact) mass is 336 g/mol. The van der Waals surface area contributed by atoms with Gasteiger partial charge in [-0.05, 0) is 23.6 Å². The minimum Gasteiger partial charge on any atom is -0.287 e. The highest BCUT2D eigenvalue weighted by molar-refractivity contribution is 6.07. The summed E-state index contributed by atoms with van der Waals surface area (Å²) in [5.41, 5.74) is 2.19. The number of ketones is 1. The summed E-state index contributed by atoms with van der Waals surface area (Å²) in [6, 6.07) is 13.4. The Morgan fingerprint density at radius 1 is 1.16 bits per heavy atom. The normalized spacial score (nSPS) is 10.8. The zero-order valence-electron chi connectivity index (χ0n) is 13.8. The molecule has 7 nitrogen and oxygen atoms in total. The first-order valence-electron chi connectivity index (χ1n) is 7.77. The maximum Gasteiger partial charge on any atom is 0.270 e. The molecule has 0 atom stereocenters. The molecule has 0 amide bonds. The van der Waals surface area contributed by atoms with E-state index >= 15 is 0 Å². The summed E-state index contributed by atoms with van der Waals surface area (Å²) in [7, 11) is 0. The van der Waals surface area contributed by atoms with Gasteiger partial charge in [0.05, 0.1) is 16.8 Å². The average Bonchev–Trinajstić information content (AvgIpc) is 3.11. The predicted octanol–water partition coefficient (Wildman–Crippen LogP) is 3.53. The number of nitro benzene ring substituents is 1. The lowest BCUT2D eigenvalue weighted by molar-refractivity contribution is -0.384. The van der Waals surface area contributed by atoms with Crippen molar-refractivity contribution in [2.75, 3.05) is 0 Å². The van der Waals surface area contributed by atoms with Crippen molar-refractivity contribution >= 4 is 11.5 Å². The largest absolute Gasteiger partial charge is 0.287 e. The third kappa shape index (κ3) is 3.45. The first kappa shape index (κ1) is 16.5. The Kier molecular flexibility index (Phi) is 4.38. The van der Waals surface area contributed by atoms with Gasteiger partial charge in [-0.25, -0.2) is 4.68 Å². The van der Waals surface area contributed by atoms with Crippen molar-refractivity contribution < 1.29 is 9.72 Å². The van der Waals surface area contributed by atoms with Crippen molar-refractivity contribution in [2.24, 2.45) is 0 Å². The van der Waals surface area contributed by atoms with E-state index < -0.39 is 10.7 Å². The summed E-state index contributed by atoms with van der Waals surface area (Å²) >= 11 is 0. The van der Waals surface area contributed by atoms with Crippen LogP contribution in [-0.2, 0) is 0 Å². The maximum absolute atomic E-state index is 12.5. The fourth-order valence-electron chi connectivity index (χ4n) is 2.41. The third-order valence-corrected chi connectivity index (χ3v) is 3.87. The molecule has 0 fully saturated rings. The van der Waals surface area contributed by atoms with Gasteiger partial charge in [0.15, 0.2) is 5.69 Å². The Labute approximate surface area is 144 Å². The van der Waals surface area contributed by atoms with Crippen LogP contribution in [0.3, 0.4) is 0 Å². The number of carbonyl (C=O) groups excluding carboxylic acids is 1. The van der Waals surface area contributed by atoms with Gasteiger partial charge < -0.3 is 0 Å². The molecule has 0 unspecified atom stereocenters. The van der Waals surface area contributed by atoms with Crippen molar-refractivity contribution in [1.82, 2.24) is 15.0 Å². The third-order valence-electron chi connectivity index (χ3n) is 3.87. The van der Waals surface area contributed by atoms with Crippen LogP contribution >= 0.6 is 0 Å². The van der Waals surface area contributed by atoms with Gasteiger partial charge in [-0.1, -0.05) is 43.3 Å². The fraction of sp³-hybridized carbons (Fsp3) is 0.167. The highest BCUT2D eigenvalue weighted by atomic mass is 16.6. The van der Waals surface area contributed by atoms with Crippen LogP contribution in [0, 0.1) is 10.1 Å². The molecular formula is C18H16N4O3. The topological polar surface area (TPSA) is 90.9 Å². The van der Waals surface area contributed by atoms with Gasteiger partial charge in [0.1, 0.15) is 0 Å². The number of benzene rings is 2. The molecule has 126 valence electrons. The summed E-state index contributed by atoms with van der Waals surface area (Å²) in [5.74, 6) is 0.0181. The van der Waals surface area contributed by atoms with Crippen LogP contribution in [-0.4, -0.2) is 25.7 Å². The summed E-state index contributed by atoms with van der Waals surface area (Å²) in [6.45, 7) is 4.22. The molecule has 0 spiro atoms.